The third-order valence-electron chi connectivity index (χ3n) is 5.05. The Morgan fingerprint density at radius 1 is 1.12 bits per heavy atom. The molecule has 1 aromatic heterocycles. The summed E-state index contributed by atoms with van der Waals surface area (Å²) < 4.78 is 21.4. The summed E-state index contributed by atoms with van der Waals surface area (Å²) in [6.45, 7) is 0.865. The fourth-order valence-corrected chi connectivity index (χ4v) is 3.85. The first-order chi connectivity index (χ1) is 15.4. The highest BCUT2D eigenvalue weighted by molar-refractivity contribution is 9.10. The lowest BCUT2D eigenvalue weighted by atomic mass is 10.2. The van der Waals surface area contributed by atoms with E-state index >= 15 is 0 Å². The Labute approximate surface area is 191 Å². The van der Waals surface area contributed by atoms with Crippen LogP contribution in [0.15, 0.2) is 53.0 Å². The van der Waals surface area contributed by atoms with Gasteiger partial charge in [-0.05, 0) is 49.2 Å². The Kier molecular flexibility index (Phi) is 6.52. The lowest BCUT2D eigenvalue weighted by Crippen LogP contribution is -2.42. The van der Waals surface area contributed by atoms with Crippen LogP contribution >= 0.6 is 15.9 Å². The minimum Gasteiger partial charge on any atom is -0.376 e. The highest BCUT2D eigenvalue weighted by Gasteiger charge is 2.23. The molecule has 166 valence electrons. The highest BCUT2D eigenvalue weighted by atomic mass is 79.9. The number of carbonyl (C=O) groups excluding carboxylic acids is 3. The molecule has 4 rings (SSSR count). The zero-order valence-corrected chi connectivity index (χ0v) is 18.4. The number of benzene rings is 2. The number of para-hydroxylation sites is 1. The average Bonchev–Trinajstić information content (AvgIpc) is 3.41. The summed E-state index contributed by atoms with van der Waals surface area (Å²) in [5, 5.41) is 5.67. The number of amides is 3. The van der Waals surface area contributed by atoms with Gasteiger partial charge in [0, 0.05) is 23.0 Å². The molecule has 1 fully saturated rings. The van der Waals surface area contributed by atoms with E-state index < -0.39 is 23.5 Å². The van der Waals surface area contributed by atoms with Crippen molar-refractivity contribution in [3.05, 3.63) is 64.5 Å². The molecule has 3 N–H and O–H groups in total. The first kappa shape index (κ1) is 22.0. The molecule has 0 unspecified atom stereocenters. The number of halogens is 2. The largest absolute Gasteiger partial charge is 0.376 e. The predicted octanol–water partition coefficient (Wildman–Crippen LogP) is 3.16. The maximum Gasteiger partial charge on any atom is 0.328 e. The molecule has 0 saturated carbocycles. The Morgan fingerprint density at radius 2 is 1.94 bits per heavy atom. The van der Waals surface area contributed by atoms with E-state index in [2.05, 4.69) is 32.0 Å². The number of fused-ring (bicyclic) bond motifs is 1. The van der Waals surface area contributed by atoms with E-state index in [0.29, 0.717) is 17.5 Å². The van der Waals surface area contributed by atoms with Gasteiger partial charge in [0.25, 0.3) is 5.91 Å². The molecule has 1 saturated heterocycles. The van der Waals surface area contributed by atoms with Crippen LogP contribution in [0.1, 0.15) is 23.3 Å². The van der Waals surface area contributed by atoms with Crippen LogP contribution in [0.4, 0.5) is 10.1 Å². The second kappa shape index (κ2) is 9.49. The second-order valence-electron chi connectivity index (χ2n) is 7.29. The second-order valence-corrected chi connectivity index (χ2v) is 8.20. The summed E-state index contributed by atoms with van der Waals surface area (Å²) in [6, 6.07) is 12.5. The van der Waals surface area contributed by atoms with Crippen molar-refractivity contribution >= 4 is 50.2 Å². The Balaban J connectivity index is 1.57. The van der Waals surface area contributed by atoms with Crippen LogP contribution in [0, 0.1) is 5.82 Å². The summed E-state index contributed by atoms with van der Waals surface area (Å²) in [4.78, 5) is 37.7. The third kappa shape index (κ3) is 4.81. The van der Waals surface area contributed by atoms with Crippen molar-refractivity contribution in [3.8, 4) is 0 Å². The molecule has 0 spiro atoms. The molecule has 8 nitrogen and oxygen atoms in total. The molecule has 1 atom stereocenters. The average molecular weight is 503 g/mol. The van der Waals surface area contributed by atoms with Crippen molar-refractivity contribution in [2.45, 2.75) is 18.9 Å². The van der Waals surface area contributed by atoms with Crippen LogP contribution in [0.5, 0.6) is 0 Å². The third-order valence-corrected chi connectivity index (χ3v) is 5.55. The van der Waals surface area contributed by atoms with Crippen LogP contribution < -0.4 is 16.1 Å². The SMILES string of the molecule is O=C(NC[C@@H]1CCCO1)C(=O)Nn1c(C(=O)Nc2ccccc2F)cc2cc(Br)ccc21. The minimum absolute atomic E-state index is 0.00359. The van der Waals surface area contributed by atoms with E-state index in [1.54, 1.807) is 30.3 Å². The summed E-state index contributed by atoms with van der Waals surface area (Å²) in [6.07, 6.45) is 1.62. The number of nitrogens with zero attached hydrogens (tertiary/aromatic N) is 1. The van der Waals surface area contributed by atoms with Gasteiger partial charge in [-0.2, -0.15) is 0 Å². The number of aromatic nitrogens is 1. The standard InChI is InChI=1S/C22H20BrFN4O4/c23-14-7-8-18-13(10-14)11-19(20(29)26-17-6-2-1-5-16(17)24)28(18)27-22(31)21(30)25-12-15-4-3-9-32-15/h1-2,5-8,10-11,15H,3-4,9,12H2,(H,25,30)(H,26,29)(H,27,31)/t15-/m0/s1. The van der Waals surface area contributed by atoms with Crippen LogP contribution in [0.25, 0.3) is 10.9 Å². The molecule has 2 aromatic carbocycles. The molecule has 3 amide bonds. The zero-order valence-electron chi connectivity index (χ0n) is 16.9. The van der Waals surface area contributed by atoms with Gasteiger partial charge in [0.1, 0.15) is 11.5 Å². The summed E-state index contributed by atoms with van der Waals surface area (Å²) in [5.74, 6) is -3.03. The number of ether oxygens (including phenoxy) is 1. The monoisotopic (exact) mass is 502 g/mol. The van der Waals surface area contributed by atoms with Crippen molar-refractivity contribution in [3.63, 3.8) is 0 Å². The van der Waals surface area contributed by atoms with Crippen molar-refractivity contribution in [1.82, 2.24) is 9.99 Å². The van der Waals surface area contributed by atoms with Gasteiger partial charge >= 0.3 is 11.8 Å². The van der Waals surface area contributed by atoms with Gasteiger partial charge in [-0.3, -0.25) is 19.8 Å². The highest BCUT2D eigenvalue weighted by Crippen LogP contribution is 2.24. The topological polar surface area (TPSA) is 101 Å². The lowest BCUT2D eigenvalue weighted by molar-refractivity contribution is -0.136. The molecule has 0 aliphatic carbocycles. The van der Waals surface area contributed by atoms with E-state index in [9.17, 15) is 18.8 Å². The molecule has 32 heavy (non-hydrogen) atoms. The number of hydrogen-bond acceptors (Lipinski definition) is 4. The molecular weight excluding hydrogens is 483 g/mol. The van der Waals surface area contributed by atoms with Crippen molar-refractivity contribution < 1.29 is 23.5 Å². The maximum atomic E-state index is 14.0. The van der Waals surface area contributed by atoms with Crippen LogP contribution in [0.3, 0.4) is 0 Å². The van der Waals surface area contributed by atoms with Crippen LogP contribution in [-0.2, 0) is 14.3 Å². The van der Waals surface area contributed by atoms with Gasteiger partial charge in [0.05, 0.1) is 17.3 Å². The van der Waals surface area contributed by atoms with E-state index in [1.807, 2.05) is 0 Å². The van der Waals surface area contributed by atoms with Crippen molar-refractivity contribution in [2.24, 2.45) is 0 Å². The lowest BCUT2D eigenvalue weighted by Gasteiger charge is -2.14. The number of rotatable bonds is 5. The minimum atomic E-state index is -0.941. The first-order valence-electron chi connectivity index (χ1n) is 10.00. The predicted molar refractivity (Wildman–Crippen MR) is 120 cm³/mol. The van der Waals surface area contributed by atoms with Gasteiger partial charge in [0.15, 0.2) is 0 Å². The molecule has 10 heteroatoms. The maximum absolute atomic E-state index is 14.0. The number of hydrogen-bond donors (Lipinski definition) is 3. The van der Waals surface area contributed by atoms with E-state index in [1.165, 1.54) is 22.9 Å². The van der Waals surface area contributed by atoms with Crippen LogP contribution in [0.2, 0.25) is 0 Å². The first-order valence-corrected chi connectivity index (χ1v) is 10.8. The molecule has 1 aliphatic heterocycles. The normalized spacial score (nSPS) is 15.5. The molecule has 1 aliphatic rings. The van der Waals surface area contributed by atoms with Gasteiger partial charge in [-0.25, -0.2) is 9.07 Å². The number of anilines is 1. The van der Waals surface area contributed by atoms with E-state index in [-0.39, 0.29) is 24.0 Å². The Morgan fingerprint density at radius 3 is 2.69 bits per heavy atom. The fraction of sp³-hybridized carbons (Fsp3) is 0.227. The molecule has 2 heterocycles. The summed E-state index contributed by atoms with van der Waals surface area (Å²) in [5.41, 5.74) is 2.98. The fourth-order valence-electron chi connectivity index (χ4n) is 3.47. The number of carbonyl (C=O) groups is 3. The van der Waals surface area contributed by atoms with Crippen molar-refractivity contribution in [2.75, 3.05) is 23.9 Å². The molecule has 0 radical (unpaired) electrons. The Hall–Kier alpha value is -3.24. The zero-order chi connectivity index (χ0) is 22.7. The molecule has 3 aromatic rings. The smallest absolute Gasteiger partial charge is 0.328 e. The molecule has 0 bridgehead atoms. The molecular formula is C22H20BrFN4O4. The number of nitrogens with one attached hydrogen (secondary N) is 3. The van der Waals surface area contributed by atoms with Crippen LogP contribution in [-0.4, -0.2) is 41.7 Å². The van der Waals surface area contributed by atoms with E-state index in [4.69, 9.17) is 4.74 Å². The van der Waals surface area contributed by atoms with Gasteiger partial charge in [-0.1, -0.05) is 28.1 Å². The van der Waals surface area contributed by atoms with Crippen molar-refractivity contribution in [1.29, 1.82) is 0 Å². The van der Waals surface area contributed by atoms with E-state index in [0.717, 1.165) is 17.3 Å². The van der Waals surface area contributed by atoms with Gasteiger partial charge in [-0.15, -0.1) is 0 Å². The quantitative estimate of drug-likeness (QED) is 0.466. The summed E-state index contributed by atoms with van der Waals surface area (Å²) >= 11 is 3.37. The summed E-state index contributed by atoms with van der Waals surface area (Å²) in [7, 11) is 0. The van der Waals surface area contributed by atoms with Gasteiger partial charge < -0.3 is 15.4 Å². The Bertz CT molecular complexity index is 1190. The van der Waals surface area contributed by atoms with Gasteiger partial charge in [0.2, 0.25) is 0 Å².